The molecule has 27 heavy (non-hydrogen) atoms. The lowest BCUT2D eigenvalue weighted by Crippen LogP contribution is -1.95. The molecule has 0 saturated heterocycles. The van der Waals surface area contributed by atoms with Gasteiger partial charge in [-0.1, -0.05) is 36.9 Å². The smallest absolute Gasteiger partial charge is 0.252 e. The van der Waals surface area contributed by atoms with Crippen molar-refractivity contribution in [2.24, 2.45) is 5.10 Å². The fourth-order valence-corrected chi connectivity index (χ4v) is 2.21. The van der Waals surface area contributed by atoms with Crippen LogP contribution in [0.1, 0.15) is 29.6 Å². The van der Waals surface area contributed by atoms with Gasteiger partial charge in [-0.3, -0.25) is 0 Å². The molecule has 134 valence electrons. The van der Waals surface area contributed by atoms with Crippen molar-refractivity contribution < 1.29 is 9.15 Å². The molecule has 0 spiro atoms. The van der Waals surface area contributed by atoms with Crippen molar-refractivity contribution in [2.75, 3.05) is 5.43 Å². The topological polar surface area (TPSA) is 83.4 Å². The van der Waals surface area contributed by atoms with Crippen LogP contribution in [-0.2, 0) is 6.61 Å². The second kappa shape index (κ2) is 8.50. The van der Waals surface area contributed by atoms with Crippen molar-refractivity contribution in [3.05, 3.63) is 83.9 Å². The first kappa shape index (κ1) is 18.0. The molecular formula is C21H18N4O2. The first-order chi connectivity index (χ1) is 13.2. The number of hydrogen-bond donors (Lipinski definition) is 1. The van der Waals surface area contributed by atoms with Crippen LogP contribution in [-0.4, -0.2) is 11.2 Å². The Hall–Kier alpha value is -3.85. The number of oxazole rings is 1. The number of hydrogen-bond acceptors (Lipinski definition) is 6. The molecule has 6 nitrogen and oxygen atoms in total. The molecule has 3 aromatic rings. The van der Waals surface area contributed by atoms with E-state index in [9.17, 15) is 0 Å². The molecule has 0 atom stereocenters. The Morgan fingerprint density at radius 3 is 2.67 bits per heavy atom. The predicted molar refractivity (Wildman–Crippen MR) is 104 cm³/mol. The van der Waals surface area contributed by atoms with Gasteiger partial charge in [0.05, 0.1) is 6.21 Å². The van der Waals surface area contributed by atoms with Gasteiger partial charge in [-0.2, -0.15) is 15.3 Å². The Balaban J connectivity index is 1.58. The highest BCUT2D eigenvalue weighted by atomic mass is 16.5. The second-order valence-corrected chi connectivity index (χ2v) is 5.80. The van der Waals surface area contributed by atoms with Gasteiger partial charge >= 0.3 is 0 Å². The maximum Gasteiger partial charge on any atom is 0.252 e. The summed E-state index contributed by atoms with van der Waals surface area (Å²) in [5, 5.41) is 13.2. The Bertz CT molecular complexity index is 983. The number of nitriles is 1. The molecular weight excluding hydrogens is 340 g/mol. The molecule has 0 unspecified atom stereocenters. The molecule has 0 radical (unpaired) electrons. The number of ether oxygens (including phenoxy) is 1. The minimum atomic E-state index is 0.134. The van der Waals surface area contributed by atoms with Crippen LogP contribution in [0.5, 0.6) is 5.75 Å². The molecule has 0 fully saturated rings. The lowest BCUT2D eigenvalue weighted by molar-refractivity contribution is 0.306. The van der Waals surface area contributed by atoms with E-state index in [-0.39, 0.29) is 11.6 Å². The monoisotopic (exact) mass is 358 g/mol. The summed E-state index contributed by atoms with van der Waals surface area (Å²) in [7, 11) is 0. The van der Waals surface area contributed by atoms with Crippen molar-refractivity contribution in [3.63, 3.8) is 0 Å². The number of rotatable bonds is 7. The lowest BCUT2D eigenvalue weighted by Gasteiger charge is -2.06. The molecule has 0 aliphatic rings. The summed E-state index contributed by atoms with van der Waals surface area (Å²) in [6, 6.07) is 19.5. The van der Waals surface area contributed by atoms with Crippen LogP contribution in [0.3, 0.4) is 0 Å². The third-order valence-corrected chi connectivity index (χ3v) is 3.61. The number of nitrogens with one attached hydrogen (secondary N) is 1. The van der Waals surface area contributed by atoms with Gasteiger partial charge in [0, 0.05) is 5.57 Å². The standard InChI is InChI=1S/C21H18N4O2/c1-15(2)20-24-19(12-22)21(27-20)25-23-13-16-8-10-18(11-9-16)26-14-17-6-4-3-5-7-17/h3-11,13,25H,1,14H2,2H3. The van der Waals surface area contributed by atoms with E-state index < -0.39 is 0 Å². The number of hydrazone groups is 1. The van der Waals surface area contributed by atoms with Crippen LogP contribution in [0.4, 0.5) is 5.88 Å². The molecule has 0 bridgehead atoms. The van der Waals surface area contributed by atoms with Crippen LogP contribution < -0.4 is 10.2 Å². The van der Waals surface area contributed by atoms with Gasteiger partial charge in [-0.25, -0.2) is 5.43 Å². The summed E-state index contributed by atoms with van der Waals surface area (Å²) in [5.74, 6) is 1.27. The summed E-state index contributed by atoms with van der Waals surface area (Å²) in [6.45, 7) is 6.01. The summed E-state index contributed by atoms with van der Waals surface area (Å²) in [5.41, 5.74) is 5.44. The molecule has 0 amide bonds. The van der Waals surface area contributed by atoms with Gasteiger partial charge in [0.1, 0.15) is 18.4 Å². The van der Waals surface area contributed by atoms with Gasteiger partial charge in [-0.15, -0.1) is 0 Å². The fourth-order valence-electron chi connectivity index (χ4n) is 2.21. The highest BCUT2D eigenvalue weighted by Gasteiger charge is 2.12. The van der Waals surface area contributed by atoms with Crippen LogP contribution in [0.2, 0.25) is 0 Å². The zero-order valence-electron chi connectivity index (χ0n) is 14.8. The zero-order chi connectivity index (χ0) is 19.1. The first-order valence-corrected chi connectivity index (χ1v) is 8.28. The molecule has 6 heteroatoms. The van der Waals surface area contributed by atoms with Crippen molar-refractivity contribution in [2.45, 2.75) is 13.5 Å². The van der Waals surface area contributed by atoms with E-state index in [1.54, 1.807) is 13.1 Å². The summed E-state index contributed by atoms with van der Waals surface area (Å²) in [6.07, 6.45) is 1.62. The Kier molecular flexibility index (Phi) is 5.65. The first-order valence-electron chi connectivity index (χ1n) is 8.28. The Morgan fingerprint density at radius 1 is 1.26 bits per heavy atom. The molecule has 0 aliphatic heterocycles. The van der Waals surface area contributed by atoms with Crippen LogP contribution in [0, 0.1) is 11.3 Å². The molecule has 1 N–H and O–H groups in total. The highest BCUT2D eigenvalue weighted by molar-refractivity contribution is 5.80. The maximum atomic E-state index is 9.09. The summed E-state index contributed by atoms with van der Waals surface area (Å²) in [4.78, 5) is 4.03. The quantitative estimate of drug-likeness (QED) is 0.493. The van der Waals surface area contributed by atoms with Gasteiger partial charge in [-0.05, 0) is 42.3 Å². The van der Waals surface area contributed by atoms with Gasteiger partial charge < -0.3 is 9.15 Å². The zero-order valence-corrected chi connectivity index (χ0v) is 14.8. The van der Waals surface area contributed by atoms with Crippen LogP contribution >= 0.6 is 0 Å². The van der Waals surface area contributed by atoms with Crippen molar-refractivity contribution in [3.8, 4) is 11.8 Å². The minimum absolute atomic E-state index is 0.134. The second-order valence-electron chi connectivity index (χ2n) is 5.80. The normalized spacial score (nSPS) is 10.5. The third kappa shape index (κ3) is 4.83. The number of nitrogens with zero attached hydrogens (tertiary/aromatic N) is 3. The van der Waals surface area contributed by atoms with Crippen LogP contribution in [0.25, 0.3) is 5.57 Å². The molecule has 2 aromatic carbocycles. The molecule has 3 rings (SSSR count). The third-order valence-electron chi connectivity index (χ3n) is 3.61. The number of anilines is 1. The van der Waals surface area contributed by atoms with Crippen molar-refractivity contribution in [1.82, 2.24) is 4.98 Å². The minimum Gasteiger partial charge on any atom is -0.489 e. The van der Waals surface area contributed by atoms with Crippen LogP contribution in [0.15, 0.2) is 70.7 Å². The van der Waals surface area contributed by atoms with E-state index >= 15 is 0 Å². The van der Waals surface area contributed by atoms with E-state index in [1.807, 2.05) is 60.7 Å². The molecule has 1 aromatic heterocycles. The number of allylic oxidation sites excluding steroid dienone is 1. The van der Waals surface area contributed by atoms with E-state index in [0.29, 0.717) is 18.1 Å². The highest BCUT2D eigenvalue weighted by Crippen LogP contribution is 2.20. The van der Waals surface area contributed by atoms with E-state index in [0.717, 1.165) is 16.9 Å². The Morgan fingerprint density at radius 2 is 2.00 bits per heavy atom. The number of aromatic nitrogens is 1. The SMILES string of the molecule is C=C(C)c1nc(C#N)c(NN=Cc2ccc(OCc3ccccc3)cc2)o1. The molecule has 0 aliphatic carbocycles. The van der Waals surface area contributed by atoms with E-state index in [2.05, 4.69) is 22.1 Å². The van der Waals surface area contributed by atoms with Gasteiger partial charge in [0.15, 0.2) is 0 Å². The van der Waals surface area contributed by atoms with E-state index in [1.165, 1.54) is 0 Å². The van der Waals surface area contributed by atoms with Gasteiger partial charge in [0.25, 0.3) is 5.88 Å². The van der Waals surface area contributed by atoms with Crippen molar-refractivity contribution >= 4 is 17.7 Å². The average molecular weight is 358 g/mol. The van der Waals surface area contributed by atoms with Crippen molar-refractivity contribution in [1.29, 1.82) is 5.26 Å². The lowest BCUT2D eigenvalue weighted by atomic mass is 10.2. The van der Waals surface area contributed by atoms with Gasteiger partial charge in [0.2, 0.25) is 11.6 Å². The van der Waals surface area contributed by atoms with E-state index in [4.69, 9.17) is 14.4 Å². The Labute approximate surface area is 157 Å². The largest absolute Gasteiger partial charge is 0.489 e. The molecule has 1 heterocycles. The fraction of sp³-hybridized carbons (Fsp3) is 0.0952. The summed E-state index contributed by atoms with van der Waals surface area (Å²) < 4.78 is 11.2. The predicted octanol–water partition coefficient (Wildman–Crippen LogP) is 4.60. The maximum absolute atomic E-state index is 9.09. The summed E-state index contributed by atoms with van der Waals surface area (Å²) >= 11 is 0. The number of benzene rings is 2. The molecule has 0 saturated carbocycles. The average Bonchev–Trinajstić information content (AvgIpc) is 3.12.